The number of amides is 1. The van der Waals surface area contributed by atoms with E-state index in [1.54, 1.807) is 12.1 Å². The van der Waals surface area contributed by atoms with E-state index in [2.05, 4.69) is 65.5 Å². The number of likely N-dealkylation sites (N-methyl/N-ethyl adjacent to an activating group) is 1. The van der Waals surface area contributed by atoms with Gasteiger partial charge in [-0.15, -0.1) is 0 Å². The van der Waals surface area contributed by atoms with E-state index in [1.165, 1.54) is 11.8 Å². The second-order valence-electron chi connectivity index (χ2n) is 8.02. The van der Waals surface area contributed by atoms with Gasteiger partial charge >= 0.3 is 0 Å². The molecule has 0 aliphatic rings. The lowest BCUT2D eigenvalue weighted by molar-refractivity contribution is -0.121. The number of hydrazone groups is 1. The lowest BCUT2D eigenvalue weighted by Crippen LogP contribution is -2.34. The molecule has 0 spiro atoms. The third-order valence-corrected chi connectivity index (χ3v) is 5.32. The van der Waals surface area contributed by atoms with Crippen LogP contribution in [0.4, 0.5) is 5.69 Å². The van der Waals surface area contributed by atoms with Gasteiger partial charge in [0, 0.05) is 37.0 Å². The second-order valence-corrected chi connectivity index (χ2v) is 8.02. The molecule has 0 aromatic heterocycles. The number of nitrogens with one attached hydrogen (secondary N) is 1. The van der Waals surface area contributed by atoms with E-state index < -0.39 is 0 Å². The van der Waals surface area contributed by atoms with Crippen LogP contribution in [0, 0.1) is 0 Å². The van der Waals surface area contributed by atoms with Crippen molar-refractivity contribution in [1.29, 1.82) is 0 Å². The molecule has 2 N–H and O–H groups in total. The molecule has 32 heavy (non-hydrogen) atoms. The molecule has 0 aliphatic heterocycles. The fourth-order valence-electron chi connectivity index (χ4n) is 3.54. The standard InChI is InChI=1S/C25H37N5O2/c1-5-30(6-2)23-14-13-22(24(31)17-23)18-26-27-25(32)20-29(4)16-10-15-28(3)19-21-11-8-7-9-12-21/h7-9,11-14,17-18,31H,5-6,10,15-16,19-20H2,1-4H3,(H,27,32)/b26-18+. The Morgan fingerprint density at radius 3 is 2.38 bits per heavy atom. The molecule has 2 rings (SSSR count). The van der Waals surface area contributed by atoms with E-state index in [-0.39, 0.29) is 18.2 Å². The Balaban J connectivity index is 1.70. The van der Waals surface area contributed by atoms with Crippen LogP contribution in [0.2, 0.25) is 0 Å². The largest absolute Gasteiger partial charge is 0.507 e. The van der Waals surface area contributed by atoms with Crippen LogP contribution in [0.5, 0.6) is 5.75 Å². The molecule has 0 aliphatic carbocycles. The van der Waals surface area contributed by atoms with E-state index in [1.807, 2.05) is 24.1 Å². The minimum atomic E-state index is -0.180. The highest BCUT2D eigenvalue weighted by Crippen LogP contribution is 2.23. The van der Waals surface area contributed by atoms with Crippen LogP contribution < -0.4 is 10.3 Å². The molecule has 0 radical (unpaired) electrons. The van der Waals surface area contributed by atoms with Crippen molar-refractivity contribution in [2.45, 2.75) is 26.8 Å². The van der Waals surface area contributed by atoms with Crippen LogP contribution in [0.25, 0.3) is 0 Å². The van der Waals surface area contributed by atoms with Gasteiger partial charge in [-0.2, -0.15) is 5.10 Å². The Hall–Kier alpha value is -2.90. The molecule has 7 heteroatoms. The molecule has 0 saturated carbocycles. The summed E-state index contributed by atoms with van der Waals surface area (Å²) in [4.78, 5) is 18.6. The minimum absolute atomic E-state index is 0.143. The highest BCUT2D eigenvalue weighted by Gasteiger charge is 2.08. The number of aromatic hydroxyl groups is 1. The third-order valence-electron chi connectivity index (χ3n) is 5.32. The van der Waals surface area contributed by atoms with Crippen LogP contribution in [0.3, 0.4) is 0 Å². The fraction of sp³-hybridized carbons (Fsp3) is 0.440. The maximum absolute atomic E-state index is 12.1. The van der Waals surface area contributed by atoms with Gasteiger partial charge in [-0.1, -0.05) is 30.3 Å². The van der Waals surface area contributed by atoms with Gasteiger partial charge in [0.1, 0.15) is 5.75 Å². The van der Waals surface area contributed by atoms with Crippen LogP contribution in [-0.2, 0) is 11.3 Å². The second kappa shape index (κ2) is 13.5. The number of phenols is 1. The average Bonchev–Trinajstić information content (AvgIpc) is 2.76. The van der Waals surface area contributed by atoms with E-state index in [0.29, 0.717) is 5.56 Å². The van der Waals surface area contributed by atoms with Gasteiger partial charge < -0.3 is 14.9 Å². The number of nitrogens with zero attached hydrogens (tertiary/aromatic N) is 4. The van der Waals surface area contributed by atoms with Crippen molar-refractivity contribution in [2.75, 3.05) is 51.7 Å². The van der Waals surface area contributed by atoms with Crippen LogP contribution in [0.1, 0.15) is 31.4 Å². The highest BCUT2D eigenvalue weighted by molar-refractivity contribution is 5.86. The lowest BCUT2D eigenvalue weighted by atomic mass is 10.2. The number of benzene rings is 2. The molecule has 7 nitrogen and oxygen atoms in total. The molecule has 2 aromatic carbocycles. The monoisotopic (exact) mass is 439 g/mol. The molecule has 0 atom stereocenters. The molecular weight excluding hydrogens is 402 g/mol. The van der Waals surface area contributed by atoms with Gasteiger partial charge in [-0.05, 0) is 65.1 Å². The molecule has 0 bridgehead atoms. The Bertz CT molecular complexity index is 853. The SMILES string of the molecule is CCN(CC)c1ccc(/C=N/NC(=O)CN(C)CCCN(C)Cc2ccccc2)c(O)c1. The summed E-state index contributed by atoms with van der Waals surface area (Å²) >= 11 is 0. The molecular formula is C25H37N5O2. The van der Waals surface area contributed by atoms with Crippen molar-refractivity contribution < 1.29 is 9.90 Å². The maximum Gasteiger partial charge on any atom is 0.254 e. The Labute approximate surface area is 192 Å². The Morgan fingerprint density at radius 1 is 1.03 bits per heavy atom. The zero-order chi connectivity index (χ0) is 23.3. The van der Waals surface area contributed by atoms with Gasteiger partial charge in [-0.25, -0.2) is 5.43 Å². The molecule has 0 heterocycles. The predicted molar refractivity (Wildman–Crippen MR) is 132 cm³/mol. The summed E-state index contributed by atoms with van der Waals surface area (Å²) in [6.07, 6.45) is 2.45. The predicted octanol–water partition coefficient (Wildman–Crippen LogP) is 3.14. The summed E-state index contributed by atoms with van der Waals surface area (Å²) in [6.45, 7) is 8.87. The summed E-state index contributed by atoms with van der Waals surface area (Å²) in [5.41, 5.74) is 5.37. The number of hydrogen-bond donors (Lipinski definition) is 2. The molecule has 1 amide bonds. The fourth-order valence-corrected chi connectivity index (χ4v) is 3.54. The first-order valence-corrected chi connectivity index (χ1v) is 11.2. The van der Waals surface area contributed by atoms with Crippen molar-refractivity contribution in [2.24, 2.45) is 5.10 Å². The summed E-state index contributed by atoms with van der Waals surface area (Å²) in [5.74, 6) is -0.0372. The Kier molecular flexibility index (Phi) is 10.7. The molecule has 0 saturated heterocycles. The van der Waals surface area contributed by atoms with E-state index in [9.17, 15) is 9.90 Å². The summed E-state index contributed by atoms with van der Waals surface area (Å²) in [5, 5.41) is 14.2. The van der Waals surface area contributed by atoms with E-state index in [4.69, 9.17) is 0 Å². The summed E-state index contributed by atoms with van der Waals surface area (Å²) < 4.78 is 0. The van der Waals surface area contributed by atoms with Crippen molar-refractivity contribution in [3.05, 3.63) is 59.7 Å². The number of carbonyl (C=O) groups excluding carboxylic acids is 1. The van der Waals surface area contributed by atoms with Crippen molar-refractivity contribution in [1.82, 2.24) is 15.2 Å². The van der Waals surface area contributed by atoms with Gasteiger partial charge in [0.05, 0.1) is 12.8 Å². The van der Waals surface area contributed by atoms with Crippen LogP contribution in [0.15, 0.2) is 53.6 Å². The number of carbonyl (C=O) groups is 1. The van der Waals surface area contributed by atoms with Gasteiger partial charge in [0.25, 0.3) is 5.91 Å². The summed E-state index contributed by atoms with van der Waals surface area (Å²) in [7, 11) is 4.04. The first-order chi connectivity index (χ1) is 15.4. The zero-order valence-corrected chi connectivity index (χ0v) is 19.8. The average molecular weight is 440 g/mol. The van der Waals surface area contributed by atoms with Crippen LogP contribution >= 0.6 is 0 Å². The van der Waals surface area contributed by atoms with Gasteiger partial charge in [0.15, 0.2) is 0 Å². The quantitative estimate of drug-likeness (QED) is 0.371. The zero-order valence-electron chi connectivity index (χ0n) is 19.8. The molecule has 174 valence electrons. The minimum Gasteiger partial charge on any atom is -0.507 e. The third kappa shape index (κ3) is 8.69. The number of rotatable bonds is 13. The first kappa shape index (κ1) is 25.4. The number of phenolic OH excluding ortho intramolecular Hbond substituents is 1. The van der Waals surface area contributed by atoms with Gasteiger partial charge in [-0.3, -0.25) is 9.69 Å². The smallest absolute Gasteiger partial charge is 0.254 e. The topological polar surface area (TPSA) is 71.4 Å². The molecule has 2 aromatic rings. The van der Waals surface area contributed by atoms with Gasteiger partial charge in [0.2, 0.25) is 0 Å². The van der Waals surface area contributed by atoms with Crippen molar-refractivity contribution >= 4 is 17.8 Å². The van der Waals surface area contributed by atoms with E-state index >= 15 is 0 Å². The highest BCUT2D eigenvalue weighted by atomic mass is 16.3. The molecule has 0 unspecified atom stereocenters. The molecule has 0 fully saturated rings. The maximum atomic E-state index is 12.1. The lowest BCUT2D eigenvalue weighted by Gasteiger charge is -2.21. The normalized spacial score (nSPS) is 11.4. The van der Waals surface area contributed by atoms with Crippen LogP contribution in [-0.4, -0.2) is 73.8 Å². The van der Waals surface area contributed by atoms with Crippen molar-refractivity contribution in [3.63, 3.8) is 0 Å². The summed E-state index contributed by atoms with van der Waals surface area (Å²) in [6, 6.07) is 15.9. The number of anilines is 1. The van der Waals surface area contributed by atoms with Crippen molar-refractivity contribution in [3.8, 4) is 5.75 Å². The number of hydrogen-bond acceptors (Lipinski definition) is 6. The first-order valence-electron chi connectivity index (χ1n) is 11.2. The van der Waals surface area contributed by atoms with E-state index in [0.717, 1.165) is 44.8 Å². The Morgan fingerprint density at radius 2 is 1.72 bits per heavy atom.